The van der Waals surface area contributed by atoms with E-state index in [0.29, 0.717) is 5.69 Å². The zero-order valence-corrected chi connectivity index (χ0v) is 9.73. The van der Waals surface area contributed by atoms with E-state index in [-0.39, 0.29) is 5.92 Å². The summed E-state index contributed by atoms with van der Waals surface area (Å²) < 4.78 is 1.83. The van der Waals surface area contributed by atoms with Crippen LogP contribution in [0.4, 0.5) is 0 Å². The van der Waals surface area contributed by atoms with Crippen molar-refractivity contribution >= 4 is 6.29 Å². The third kappa shape index (κ3) is 1.80. The average Bonchev–Trinajstić information content (AvgIpc) is 3.08. The summed E-state index contributed by atoms with van der Waals surface area (Å²) in [7, 11) is 0. The fraction of sp³-hybridized carbons (Fsp3) is 0.0667. The highest BCUT2D eigenvalue weighted by molar-refractivity contribution is 5.72. The number of aromatic nitrogens is 2. The van der Waals surface area contributed by atoms with Crippen molar-refractivity contribution in [3.05, 3.63) is 72.1 Å². The van der Waals surface area contributed by atoms with Gasteiger partial charge in [0.2, 0.25) is 0 Å². The van der Waals surface area contributed by atoms with Gasteiger partial charge in [0.15, 0.2) is 6.29 Å². The van der Waals surface area contributed by atoms with Crippen LogP contribution in [0.3, 0.4) is 0 Å². The molecule has 0 radical (unpaired) electrons. The van der Waals surface area contributed by atoms with E-state index in [1.54, 1.807) is 0 Å². The second-order valence-corrected chi connectivity index (χ2v) is 4.15. The van der Waals surface area contributed by atoms with Crippen LogP contribution >= 0.6 is 0 Å². The molecule has 0 saturated heterocycles. The van der Waals surface area contributed by atoms with Crippen LogP contribution in [0.1, 0.15) is 22.1 Å². The molecule has 3 rings (SSSR count). The molecule has 88 valence electrons. The molecule has 1 aliphatic carbocycles. The van der Waals surface area contributed by atoms with Crippen LogP contribution in [-0.4, -0.2) is 16.1 Å². The Bertz CT molecular complexity index is 611. The normalized spacial score (nSPS) is 14.2. The third-order valence-corrected chi connectivity index (χ3v) is 2.97. The highest BCUT2D eigenvalue weighted by atomic mass is 16.1. The fourth-order valence-corrected chi connectivity index (χ4v) is 2.11. The van der Waals surface area contributed by atoms with Gasteiger partial charge in [-0.3, -0.25) is 4.79 Å². The number of rotatable bonds is 3. The van der Waals surface area contributed by atoms with Gasteiger partial charge in [0.25, 0.3) is 0 Å². The quantitative estimate of drug-likeness (QED) is 0.768. The summed E-state index contributed by atoms with van der Waals surface area (Å²) in [5.41, 5.74) is 2.44. The van der Waals surface area contributed by atoms with E-state index in [2.05, 4.69) is 17.3 Å². The Hall–Kier alpha value is -2.42. The van der Waals surface area contributed by atoms with Crippen LogP contribution in [0.25, 0.3) is 5.69 Å². The number of nitrogens with zero attached hydrogens (tertiary/aromatic N) is 2. The molecule has 0 N–H and O–H groups in total. The fourth-order valence-electron chi connectivity index (χ4n) is 2.11. The van der Waals surface area contributed by atoms with Gasteiger partial charge in [-0.1, -0.05) is 42.5 Å². The van der Waals surface area contributed by atoms with Crippen molar-refractivity contribution < 1.29 is 4.79 Å². The Morgan fingerprint density at radius 3 is 2.50 bits per heavy atom. The van der Waals surface area contributed by atoms with Crippen LogP contribution in [0.15, 0.2) is 60.7 Å². The minimum atomic E-state index is 0.186. The number of benzene rings is 1. The van der Waals surface area contributed by atoms with Crippen molar-refractivity contribution in [3.8, 4) is 5.69 Å². The van der Waals surface area contributed by atoms with Gasteiger partial charge in [-0.25, -0.2) is 4.68 Å². The highest BCUT2D eigenvalue weighted by Gasteiger charge is 2.16. The topological polar surface area (TPSA) is 34.9 Å². The van der Waals surface area contributed by atoms with E-state index in [1.807, 2.05) is 53.2 Å². The van der Waals surface area contributed by atoms with E-state index >= 15 is 0 Å². The Morgan fingerprint density at radius 2 is 1.83 bits per heavy atom. The zero-order valence-electron chi connectivity index (χ0n) is 9.73. The predicted octanol–water partition coefficient (Wildman–Crippen LogP) is 2.89. The zero-order chi connectivity index (χ0) is 12.4. The van der Waals surface area contributed by atoms with Gasteiger partial charge in [-0.2, -0.15) is 5.10 Å². The molecule has 0 unspecified atom stereocenters. The minimum absolute atomic E-state index is 0.186. The van der Waals surface area contributed by atoms with Crippen molar-refractivity contribution in [1.82, 2.24) is 9.78 Å². The molecule has 0 aliphatic heterocycles. The molecule has 2 aromatic rings. The molecule has 1 aliphatic rings. The van der Waals surface area contributed by atoms with Crippen molar-refractivity contribution in [2.24, 2.45) is 0 Å². The largest absolute Gasteiger partial charge is 0.296 e. The highest BCUT2D eigenvalue weighted by Crippen LogP contribution is 2.25. The molecule has 18 heavy (non-hydrogen) atoms. The molecule has 0 atom stereocenters. The molecule has 1 aromatic carbocycles. The van der Waals surface area contributed by atoms with E-state index in [4.69, 9.17) is 0 Å². The second-order valence-electron chi connectivity index (χ2n) is 4.15. The van der Waals surface area contributed by atoms with Crippen LogP contribution in [-0.2, 0) is 0 Å². The van der Waals surface area contributed by atoms with Crippen LogP contribution < -0.4 is 0 Å². The molecule has 1 aromatic heterocycles. The maximum absolute atomic E-state index is 10.9. The number of hydrogen-bond acceptors (Lipinski definition) is 2. The number of hydrogen-bond donors (Lipinski definition) is 0. The van der Waals surface area contributed by atoms with E-state index in [1.165, 1.54) is 0 Å². The van der Waals surface area contributed by atoms with Gasteiger partial charge in [0.05, 0.1) is 11.4 Å². The molecule has 0 spiro atoms. The van der Waals surface area contributed by atoms with Crippen molar-refractivity contribution in [3.63, 3.8) is 0 Å². The van der Waals surface area contributed by atoms with Crippen molar-refractivity contribution in [1.29, 1.82) is 0 Å². The van der Waals surface area contributed by atoms with E-state index in [9.17, 15) is 4.79 Å². The summed E-state index contributed by atoms with van der Waals surface area (Å²) in [5, 5.41) is 4.32. The summed E-state index contributed by atoms with van der Waals surface area (Å²) >= 11 is 0. The van der Waals surface area contributed by atoms with Gasteiger partial charge in [-0.05, 0) is 18.2 Å². The standard InChI is InChI=1S/C15H12N2O/c18-11-13-10-15(12-6-4-5-7-12)17(16-13)14-8-2-1-3-9-14/h1-12H. The monoisotopic (exact) mass is 236 g/mol. The minimum Gasteiger partial charge on any atom is -0.296 e. The molecule has 0 fully saturated rings. The van der Waals surface area contributed by atoms with E-state index < -0.39 is 0 Å². The number of allylic oxidation sites excluding steroid dienone is 4. The van der Waals surface area contributed by atoms with Gasteiger partial charge >= 0.3 is 0 Å². The molecular formula is C15H12N2O. The first-order valence-electron chi connectivity index (χ1n) is 5.84. The van der Waals surface area contributed by atoms with Gasteiger partial charge in [0, 0.05) is 5.92 Å². The Labute approximate surface area is 105 Å². The van der Waals surface area contributed by atoms with Crippen LogP contribution in [0.5, 0.6) is 0 Å². The summed E-state index contributed by atoms with van der Waals surface area (Å²) in [5.74, 6) is 0.186. The van der Waals surface area contributed by atoms with Crippen LogP contribution in [0, 0.1) is 0 Å². The Morgan fingerprint density at radius 1 is 1.11 bits per heavy atom. The number of carbonyl (C=O) groups excluding carboxylic acids is 1. The van der Waals surface area contributed by atoms with Gasteiger partial charge in [-0.15, -0.1) is 0 Å². The lowest BCUT2D eigenvalue weighted by molar-refractivity contribution is 0.111. The van der Waals surface area contributed by atoms with Gasteiger partial charge < -0.3 is 0 Å². The third-order valence-electron chi connectivity index (χ3n) is 2.97. The Kier molecular flexibility index (Phi) is 2.65. The summed E-state index contributed by atoms with van der Waals surface area (Å²) in [6.45, 7) is 0. The number of aldehydes is 1. The SMILES string of the molecule is O=Cc1cc(C2C=CC=C2)n(-c2ccccc2)n1. The molecule has 0 saturated carbocycles. The molecular weight excluding hydrogens is 224 g/mol. The average molecular weight is 236 g/mol. The lowest BCUT2D eigenvalue weighted by atomic mass is 10.1. The lowest BCUT2D eigenvalue weighted by Crippen LogP contribution is -2.04. The number of carbonyl (C=O) groups is 1. The van der Waals surface area contributed by atoms with Gasteiger partial charge in [0.1, 0.15) is 5.69 Å². The Balaban J connectivity index is 2.13. The molecule has 3 nitrogen and oxygen atoms in total. The maximum Gasteiger partial charge on any atom is 0.170 e. The molecule has 0 bridgehead atoms. The van der Waals surface area contributed by atoms with Crippen LogP contribution in [0.2, 0.25) is 0 Å². The summed E-state index contributed by atoms with van der Waals surface area (Å²) in [4.78, 5) is 10.9. The second kappa shape index (κ2) is 4.45. The first-order chi connectivity index (χ1) is 8.88. The molecule has 0 amide bonds. The lowest BCUT2D eigenvalue weighted by Gasteiger charge is -2.09. The maximum atomic E-state index is 10.9. The first-order valence-corrected chi connectivity index (χ1v) is 5.84. The van der Waals surface area contributed by atoms with Crippen molar-refractivity contribution in [2.75, 3.05) is 0 Å². The predicted molar refractivity (Wildman–Crippen MR) is 70.0 cm³/mol. The van der Waals surface area contributed by atoms with Crippen molar-refractivity contribution in [2.45, 2.75) is 5.92 Å². The summed E-state index contributed by atoms with van der Waals surface area (Å²) in [6.07, 6.45) is 8.97. The van der Waals surface area contributed by atoms with E-state index in [0.717, 1.165) is 17.7 Å². The number of para-hydroxylation sites is 1. The summed E-state index contributed by atoms with van der Waals surface area (Å²) in [6, 6.07) is 11.7. The smallest absolute Gasteiger partial charge is 0.170 e. The molecule has 3 heteroatoms. The first kappa shape index (κ1) is 10.7. The molecule has 1 heterocycles.